The fraction of sp³-hybridized carbons (Fsp3) is 0.595. The Hall–Kier alpha value is -4.03. The molecule has 55 heavy (non-hydrogen) atoms. The number of rotatable bonds is 8. The van der Waals surface area contributed by atoms with Crippen LogP contribution in [0.4, 0.5) is 0 Å². The molecule has 1 aromatic heterocycles. The second-order valence-corrected chi connectivity index (χ2v) is 18.6. The van der Waals surface area contributed by atoms with Gasteiger partial charge in [0.15, 0.2) is 0 Å². The molecule has 2 bridgehead atoms. The fourth-order valence-electron chi connectivity index (χ4n) is 7.94. The van der Waals surface area contributed by atoms with Crippen LogP contribution in [-0.4, -0.2) is 137 Å². The molecular weight excluding hydrogens is 767 g/mol. The molecule has 0 saturated carbocycles. The van der Waals surface area contributed by atoms with Gasteiger partial charge in [-0.1, -0.05) is 30.3 Å². The number of nitrogens with zero attached hydrogens (tertiary/aromatic N) is 4. The van der Waals surface area contributed by atoms with Crippen LogP contribution in [-0.2, 0) is 52.0 Å². The number of hydrogen-bond donors (Lipinski definition) is 3. The zero-order valence-electron chi connectivity index (χ0n) is 31.1. The second-order valence-electron chi connectivity index (χ2n) is 14.6. The Morgan fingerprint density at radius 1 is 0.673 bits per heavy atom. The Bertz CT molecular complexity index is 1830. The molecule has 6 rings (SSSR count). The predicted octanol–water partition coefficient (Wildman–Crippen LogP) is 0.650. The normalized spacial score (nSPS) is 28.1. The summed E-state index contributed by atoms with van der Waals surface area (Å²) in [5.74, 6) is -2.61. The number of thiazole rings is 1. The van der Waals surface area contributed by atoms with Crippen molar-refractivity contribution in [1.29, 1.82) is 0 Å². The van der Waals surface area contributed by atoms with E-state index in [2.05, 4.69) is 20.9 Å². The van der Waals surface area contributed by atoms with Gasteiger partial charge in [-0.15, -0.1) is 11.3 Å². The summed E-state index contributed by atoms with van der Waals surface area (Å²) in [4.78, 5) is 93.5. The standard InChI is InChI=1S/C37H49N7O8S3/c1-54(51)19-14-24-36(49)44-18-8-13-30(44)37(50)43-17-7-12-29(43)32(46)39-25(15-20-55(2)52)35(48)42-16-6-11-28(42)33(47)40-26(21-23-9-4-3-5-10-23)34-41-27(22-53-34)31(45)38-24/h3-5,9-10,22,24-26,28-30H,6-8,11-21H2,1-2H3,(H,38,45)(H,39,46)(H,40,47). The smallest absolute Gasteiger partial charge is 0.271 e. The summed E-state index contributed by atoms with van der Waals surface area (Å²) >= 11 is 1.18. The average molecular weight is 816 g/mol. The molecular formula is C37H49N7O8S3. The van der Waals surface area contributed by atoms with Crippen molar-refractivity contribution in [3.05, 3.63) is 52.0 Å². The topological polar surface area (TPSA) is 195 Å². The first kappa shape index (κ1) is 40.6. The first-order chi connectivity index (χ1) is 26.4. The first-order valence-corrected chi connectivity index (χ1v) is 23.2. The monoisotopic (exact) mass is 815 g/mol. The Kier molecular flexibility index (Phi) is 13.5. The van der Waals surface area contributed by atoms with Crippen LogP contribution in [0.25, 0.3) is 0 Å². The number of hydrogen-bond acceptors (Lipinski definition) is 10. The van der Waals surface area contributed by atoms with Crippen LogP contribution in [0.15, 0.2) is 35.7 Å². The zero-order chi connectivity index (χ0) is 39.2. The minimum Gasteiger partial charge on any atom is -0.345 e. The van der Waals surface area contributed by atoms with Crippen LogP contribution in [0.2, 0.25) is 0 Å². The number of fused-ring (bicyclic) bond motifs is 5. The maximum atomic E-state index is 14.3. The summed E-state index contributed by atoms with van der Waals surface area (Å²) in [7, 11) is -2.54. The molecule has 6 amide bonds. The number of carbonyl (C=O) groups excluding carboxylic acids is 6. The summed E-state index contributed by atoms with van der Waals surface area (Å²) in [6, 6.07) is 4.02. The number of carbonyl (C=O) groups is 6. The van der Waals surface area contributed by atoms with E-state index in [4.69, 9.17) is 0 Å². The van der Waals surface area contributed by atoms with Gasteiger partial charge in [-0.05, 0) is 63.4 Å². The van der Waals surface area contributed by atoms with Crippen LogP contribution < -0.4 is 16.0 Å². The lowest BCUT2D eigenvalue weighted by atomic mass is 10.1. The zero-order valence-corrected chi connectivity index (χ0v) is 33.6. The van der Waals surface area contributed by atoms with Gasteiger partial charge in [0.05, 0.1) is 6.04 Å². The van der Waals surface area contributed by atoms with Gasteiger partial charge in [0.2, 0.25) is 29.5 Å². The molecule has 8 atom stereocenters. The Morgan fingerprint density at radius 3 is 1.73 bits per heavy atom. The Morgan fingerprint density at radius 2 is 1.16 bits per heavy atom. The molecule has 0 radical (unpaired) electrons. The molecule has 1 aromatic carbocycles. The van der Waals surface area contributed by atoms with E-state index in [-0.39, 0.29) is 55.6 Å². The number of aromatic nitrogens is 1. The lowest BCUT2D eigenvalue weighted by molar-refractivity contribution is -0.148. The highest BCUT2D eigenvalue weighted by atomic mass is 32.2. The summed E-state index contributed by atoms with van der Waals surface area (Å²) in [6.45, 7) is 0.841. The van der Waals surface area contributed by atoms with Crippen LogP contribution in [0.1, 0.15) is 78.5 Å². The molecule has 3 N–H and O–H groups in total. The third-order valence-electron chi connectivity index (χ3n) is 10.8. The van der Waals surface area contributed by atoms with Crippen molar-refractivity contribution >= 4 is 68.4 Å². The van der Waals surface area contributed by atoms with Crippen molar-refractivity contribution in [3.8, 4) is 0 Å². The third-order valence-corrected chi connectivity index (χ3v) is 13.3. The van der Waals surface area contributed by atoms with E-state index in [9.17, 15) is 37.2 Å². The maximum absolute atomic E-state index is 14.3. The average Bonchev–Trinajstić information content (AvgIpc) is 4.00. The highest BCUT2D eigenvalue weighted by Crippen LogP contribution is 2.28. The van der Waals surface area contributed by atoms with E-state index in [0.717, 1.165) is 5.56 Å². The van der Waals surface area contributed by atoms with Crippen molar-refractivity contribution in [1.82, 2.24) is 35.6 Å². The first-order valence-electron chi connectivity index (χ1n) is 18.8. The van der Waals surface area contributed by atoms with Gasteiger partial charge >= 0.3 is 0 Å². The van der Waals surface area contributed by atoms with Crippen LogP contribution in [0.5, 0.6) is 0 Å². The van der Waals surface area contributed by atoms with E-state index < -0.39 is 87.4 Å². The molecule has 3 saturated heterocycles. The van der Waals surface area contributed by atoms with Gasteiger partial charge in [-0.2, -0.15) is 0 Å². The largest absolute Gasteiger partial charge is 0.345 e. The molecule has 2 aromatic rings. The summed E-state index contributed by atoms with van der Waals surface area (Å²) in [5, 5.41) is 10.8. The van der Waals surface area contributed by atoms with Gasteiger partial charge < -0.3 is 30.7 Å². The molecule has 0 aliphatic carbocycles. The van der Waals surface area contributed by atoms with Crippen molar-refractivity contribution < 1.29 is 37.2 Å². The lowest BCUT2D eigenvalue weighted by Crippen LogP contribution is -2.58. The summed E-state index contributed by atoms with van der Waals surface area (Å²) in [6.07, 6.45) is 6.27. The van der Waals surface area contributed by atoms with Crippen LogP contribution in [0, 0.1) is 0 Å². The van der Waals surface area contributed by atoms with Crippen molar-refractivity contribution in [2.24, 2.45) is 0 Å². The van der Waals surface area contributed by atoms with E-state index in [0.29, 0.717) is 50.0 Å². The molecule has 0 spiro atoms. The van der Waals surface area contributed by atoms with Gasteiger partial charge in [0.1, 0.15) is 40.9 Å². The molecule has 4 aliphatic heterocycles. The highest BCUT2D eigenvalue weighted by Gasteiger charge is 2.45. The molecule has 8 unspecified atom stereocenters. The van der Waals surface area contributed by atoms with E-state index in [1.807, 2.05) is 30.3 Å². The summed E-state index contributed by atoms with van der Waals surface area (Å²) in [5.41, 5.74) is 0.948. The molecule has 15 nitrogen and oxygen atoms in total. The fourth-order valence-corrected chi connectivity index (χ4v) is 9.92. The van der Waals surface area contributed by atoms with Crippen LogP contribution in [0.3, 0.4) is 0 Å². The second kappa shape index (κ2) is 18.3. The molecule has 3 fully saturated rings. The molecule has 4 aliphatic rings. The number of benzene rings is 1. The predicted molar refractivity (Wildman–Crippen MR) is 208 cm³/mol. The third kappa shape index (κ3) is 9.68. The van der Waals surface area contributed by atoms with Gasteiger partial charge in [0.25, 0.3) is 5.91 Å². The van der Waals surface area contributed by atoms with Gasteiger partial charge in [-0.3, -0.25) is 37.2 Å². The minimum atomic E-state index is -1.27. The van der Waals surface area contributed by atoms with Crippen molar-refractivity contribution in [2.75, 3.05) is 43.7 Å². The van der Waals surface area contributed by atoms with Gasteiger partial charge in [-0.25, -0.2) is 4.98 Å². The Balaban J connectivity index is 1.37. The SMILES string of the molecule is CS(=O)CCC1NC(=O)C2CCCN2C(=O)C2CCCN2C(=O)C(CCS(C)=O)NC(=O)c2csc(n2)C(Cc2ccccc2)NC(=O)C2CCCN2C1=O. The van der Waals surface area contributed by atoms with E-state index >= 15 is 0 Å². The highest BCUT2D eigenvalue weighted by molar-refractivity contribution is 7.84. The quantitative estimate of drug-likeness (QED) is 0.343. The summed E-state index contributed by atoms with van der Waals surface area (Å²) < 4.78 is 24.4. The lowest BCUT2D eigenvalue weighted by Gasteiger charge is -2.34. The van der Waals surface area contributed by atoms with Crippen molar-refractivity contribution in [3.63, 3.8) is 0 Å². The Labute approximate surface area is 329 Å². The molecule has 298 valence electrons. The van der Waals surface area contributed by atoms with Crippen molar-refractivity contribution in [2.45, 2.75) is 94.0 Å². The number of amides is 6. The maximum Gasteiger partial charge on any atom is 0.271 e. The minimum absolute atomic E-state index is 0.0426. The van der Waals surface area contributed by atoms with Gasteiger partial charge in [0, 0.05) is 70.6 Å². The number of nitrogens with one attached hydrogen (secondary N) is 3. The van der Waals surface area contributed by atoms with E-state index in [1.54, 1.807) is 5.38 Å². The van der Waals surface area contributed by atoms with E-state index in [1.165, 1.54) is 38.5 Å². The molecule has 5 heterocycles. The van der Waals surface area contributed by atoms with Crippen LogP contribution >= 0.6 is 11.3 Å². The molecule has 18 heteroatoms.